The van der Waals surface area contributed by atoms with Crippen molar-refractivity contribution in [3.8, 4) is 0 Å². The molecule has 1 radical (unpaired) electrons. The third-order valence-corrected chi connectivity index (χ3v) is 3.56. The third kappa shape index (κ3) is 18.7. The Hall–Kier alpha value is -3.76. The van der Waals surface area contributed by atoms with Gasteiger partial charge in [0.05, 0.1) is 0 Å². The van der Waals surface area contributed by atoms with Crippen LogP contribution in [-0.2, 0) is 16.8 Å². The van der Waals surface area contributed by atoms with Crippen molar-refractivity contribution >= 4 is 28.4 Å². The molecule has 0 atom stereocenters. The predicted molar refractivity (Wildman–Crippen MR) is 128 cm³/mol. The molecule has 181 valence electrons. The van der Waals surface area contributed by atoms with E-state index in [0.29, 0.717) is 22.8 Å². The summed E-state index contributed by atoms with van der Waals surface area (Å²) in [6, 6.07) is 15.6. The Morgan fingerprint density at radius 2 is 1.06 bits per heavy atom. The van der Waals surface area contributed by atoms with Gasteiger partial charge in [-0.15, -0.1) is 5.56 Å². The number of hydrogen-bond acceptors (Lipinski definition) is 9. The molecule has 9 nitrogen and oxygen atoms in total. The molecule has 33 heavy (non-hydrogen) atoms. The van der Waals surface area contributed by atoms with Gasteiger partial charge < -0.3 is 20.8 Å². The molecule has 0 amide bonds. The van der Waals surface area contributed by atoms with Crippen molar-refractivity contribution in [2.45, 2.75) is 27.7 Å². The van der Waals surface area contributed by atoms with Crippen LogP contribution in [-0.4, -0.2) is 48.7 Å². The maximum Gasteiger partial charge on any atom is 0.101 e. The van der Waals surface area contributed by atoms with E-state index in [1.807, 2.05) is 48.5 Å². The van der Waals surface area contributed by atoms with Gasteiger partial charge in [0.15, 0.2) is 0 Å². The number of oxime groups is 4. The predicted octanol–water partition coefficient (Wildman–Crippen LogP) is 5.14. The Kier molecular flexibility index (Phi) is 23.5. The van der Waals surface area contributed by atoms with Crippen molar-refractivity contribution in [1.82, 2.24) is 4.98 Å². The first-order valence-electron chi connectivity index (χ1n) is 9.18. The van der Waals surface area contributed by atoms with Crippen LogP contribution in [0.4, 0.5) is 0 Å². The van der Waals surface area contributed by atoms with Gasteiger partial charge in [0, 0.05) is 29.2 Å². The standard InChI is InChI=1S/C10H9.C5H5N.2C4H8N2O2.Co/c1-3-9(2)10-7-5-4-6-8-10;1-2-4-6-5-3-1;2*1-3(5-7)4(2)6-8;/h1,3-8H,2H2;1-5H;2*7-8H,1-2H3;/q-1;;;;/b;;2*5-3+,6-4+;. The van der Waals surface area contributed by atoms with Gasteiger partial charge in [0.25, 0.3) is 0 Å². The fourth-order valence-electron chi connectivity index (χ4n) is 1.35. The Morgan fingerprint density at radius 1 is 0.727 bits per heavy atom. The number of rotatable bonds is 4. The van der Waals surface area contributed by atoms with Crippen LogP contribution in [0.25, 0.3) is 5.57 Å². The van der Waals surface area contributed by atoms with E-state index in [2.05, 4.69) is 32.2 Å². The van der Waals surface area contributed by atoms with E-state index in [1.165, 1.54) is 33.8 Å². The molecule has 10 heteroatoms. The quantitative estimate of drug-likeness (QED) is 0.151. The number of benzene rings is 1. The molecule has 0 aliphatic heterocycles. The number of hydrogen-bond donors (Lipinski definition) is 4. The van der Waals surface area contributed by atoms with Crippen molar-refractivity contribution in [2.24, 2.45) is 20.6 Å². The van der Waals surface area contributed by atoms with Crippen molar-refractivity contribution < 1.29 is 37.6 Å². The van der Waals surface area contributed by atoms with E-state index in [1.54, 1.807) is 12.4 Å². The molecular weight excluding hydrogens is 469 g/mol. The summed E-state index contributed by atoms with van der Waals surface area (Å²) in [6.45, 7) is 15.2. The first-order valence-corrected chi connectivity index (χ1v) is 9.18. The van der Waals surface area contributed by atoms with Gasteiger partial charge in [-0.25, -0.2) is 6.08 Å². The normalized spacial score (nSPS) is 11.0. The van der Waals surface area contributed by atoms with Crippen LogP contribution in [0, 0.1) is 6.58 Å². The Labute approximate surface area is 205 Å². The van der Waals surface area contributed by atoms with E-state index < -0.39 is 0 Å². The summed E-state index contributed by atoms with van der Waals surface area (Å²) in [7, 11) is 0. The first kappa shape index (κ1) is 33.9. The van der Waals surface area contributed by atoms with E-state index in [0.717, 1.165) is 11.1 Å². The molecule has 2 aromatic rings. The Balaban J connectivity index is -0.000000365. The summed E-state index contributed by atoms with van der Waals surface area (Å²) in [6.07, 6.45) is 5.01. The summed E-state index contributed by atoms with van der Waals surface area (Å²) < 4.78 is 0. The topological polar surface area (TPSA) is 143 Å². The molecular formula is C23H30CoN5O4-. The molecule has 1 aromatic carbocycles. The maximum absolute atomic E-state index is 8.03. The minimum absolute atomic E-state index is 0. The van der Waals surface area contributed by atoms with Crippen molar-refractivity contribution in [3.05, 3.63) is 85.7 Å². The molecule has 0 saturated heterocycles. The molecule has 0 aliphatic carbocycles. The van der Waals surface area contributed by atoms with Gasteiger partial charge in [-0.3, -0.25) is 11.6 Å². The summed E-state index contributed by atoms with van der Waals surface area (Å²) in [5.74, 6) is 0. The zero-order valence-corrected chi connectivity index (χ0v) is 20.0. The van der Waals surface area contributed by atoms with Gasteiger partial charge in [0.2, 0.25) is 0 Å². The van der Waals surface area contributed by atoms with Crippen molar-refractivity contribution in [3.63, 3.8) is 0 Å². The van der Waals surface area contributed by atoms with E-state index in [-0.39, 0.29) is 16.8 Å². The Morgan fingerprint density at radius 3 is 1.27 bits per heavy atom. The van der Waals surface area contributed by atoms with Crippen LogP contribution >= 0.6 is 0 Å². The molecule has 0 saturated carbocycles. The van der Waals surface area contributed by atoms with Gasteiger partial charge in [-0.2, -0.15) is 12.2 Å². The first-order chi connectivity index (χ1) is 15.3. The molecule has 0 aliphatic rings. The fourth-order valence-corrected chi connectivity index (χ4v) is 1.35. The summed E-state index contributed by atoms with van der Waals surface area (Å²) >= 11 is 0. The smallest absolute Gasteiger partial charge is 0.101 e. The second kappa shape index (κ2) is 22.9. The number of nitrogens with zero attached hydrogens (tertiary/aromatic N) is 5. The number of pyridine rings is 1. The maximum atomic E-state index is 8.03. The van der Waals surface area contributed by atoms with Crippen LogP contribution in [0.5, 0.6) is 0 Å². The zero-order chi connectivity index (χ0) is 24.8. The van der Waals surface area contributed by atoms with Gasteiger partial charge in [0.1, 0.15) is 22.8 Å². The fraction of sp³-hybridized carbons (Fsp3) is 0.174. The molecule has 1 heterocycles. The zero-order valence-electron chi connectivity index (χ0n) is 19.0. The van der Waals surface area contributed by atoms with E-state index in [4.69, 9.17) is 27.4 Å². The van der Waals surface area contributed by atoms with Crippen LogP contribution in [0.3, 0.4) is 0 Å². The molecule has 0 fully saturated rings. The number of aromatic nitrogens is 1. The minimum atomic E-state index is 0. The number of allylic oxidation sites excluding steroid dienone is 2. The summed E-state index contributed by atoms with van der Waals surface area (Å²) in [4.78, 5) is 3.78. The minimum Gasteiger partial charge on any atom is -0.411 e. The molecule has 0 bridgehead atoms. The molecule has 1 aromatic heterocycles. The monoisotopic (exact) mass is 499 g/mol. The largest absolute Gasteiger partial charge is 0.411 e. The van der Waals surface area contributed by atoms with Gasteiger partial charge in [-0.05, 0) is 39.8 Å². The van der Waals surface area contributed by atoms with Crippen molar-refractivity contribution in [1.29, 1.82) is 0 Å². The van der Waals surface area contributed by atoms with E-state index in [9.17, 15) is 0 Å². The Bertz CT molecular complexity index is 809. The molecule has 2 rings (SSSR count). The van der Waals surface area contributed by atoms with Crippen LogP contribution in [0.2, 0.25) is 0 Å². The van der Waals surface area contributed by atoms with Crippen molar-refractivity contribution in [2.75, 3.05) is 0 Å². The average Bonchev–Trinajstić information content (AvgIpc) is 2.88. The third-order valence-electron chi connectivity index (χ3n) is 3.56. The van der Waals surface area contributed by atoms with Crippen LogP contribution in [0.1, 0.15) is 33.3 Å². The molecule has 0 unspecified atom stereocenters. The SMILES string of the molecule is CC(=N\O)/C(C)=N/O.CC(=N\O)/C(C)=N/O.[CH-]=CC(=C)c1ccccc1.[Co].c1ccncc1. The average molecular weight is 499 g/mol. The second-order valence-electron chi connectivity index (χ2n) is 5.82. The molecule has 0 spiro atoms. The summed E-state index contributed by atoms with van der Waals surface area (Å²) in [5, 5.41) is 43.3. The van der Waals surface area contributed by atoms with Gasteiger partial charge >= 0.3 is 0 Å². The van der Waals surface area contributed by atoms with Crippen LogP contribution in [0.15, 0.2) is 94.2 Å². The summed E-state index contributed by atoms with van der Waals surface area (Å²) in [5.41, 5.74) is 3.19. The molecule has 4 N–H and O–H groups in total. The van der Waals surface area contributed by atoms with Crippen LogP contribution < -0.4 is 0 Å². The van der Waals surface area contributed by atoms with Gasteiger partial charge in [-0.1, -0.05) is 57.0 Å². The second-order valence-corrected chi connectivity index (χ2v) is 5.82. The van der Waals surface area contributed by atoms with E-state index >= 15 is 0 Å².